The topological polar surface area (TPSA) is 0 Å². The fourth-order valence-corrected chi connectivity index (χ4v) is 0. The van der Waals surface area contributed by atoms with Crippen LogP contribution in [-0.2, 0) is 66.7 Å². The van der Waals surface area contributed by atoms with Gasteiger partial charge in [-0.2, -0.15) is 0 Å². The summed E-state index contributed by atoms with van der Waals surface area (Å²) in [5, 5.41) is 0. The predicted octanol–water partition coefficient (Wildman–Crippen LogP) is -3.29. The summed E-state index contributed by atoms with van der Waals surface area (Å²) >= 11 is 0. The van der Waals surface area contributed by atoms with Gasteiger partial charge in [0.05, 0.1) is 0 Å². The number of rotatable bonds is 0. The van der Waals surface area contributed by atoms with Crippen LogP contribution >= 0.6 is 0 Å². The summed E-state index contributed by atoms with van der Waals surface area (Å²) in [7, 11) is 0. The van der Waals surface area contributed by atoms with E-state index in [0.29, 0.717) is 0 Å². The van der Waals surface area contributed by atoms with Crippen LogP contribution in [0.15, 0.2) is 0 Å². The van der Waals surface area contributed by atoms with Crippen molar-refractivity contribution < 1.29 is 66.7 Å². The number of hydrogen-bond donors (Lipinski definition) is 0. The molecule has 6 heavy (non-hydrogen) atoms. The molecule has 0 nitrogen and oxygen atoms in total. The Labute approximate surface area is 140 Å². The second-order valence-corrected chi connectivity index (χ2v) is 0. The minimum atomic E-state index is 0. The van der Waals surface area contributed by atoms with Gasteiger partial charge in [0.1, 0.15) is 0 Å². The molecule has 0 aromatic heterocycles. The van der Waals surface area contributed by atoms with Crippen LogP contribution in [0.4, 0.5) is 0 Å². The molecule has 0 saturated heterocycles. The van der Waals surface area contributed by atoms with Gasteiger partial charge in [0.2, 0.25) is 0 Å². The van der Waals surface area contributed by atoms with Crippen LogP contribution in [0.5, 0.6) is 0 Å². The van der Waals surface area contributed by atoms with Crippen LogP contribution in [0, 0.1) is 0 Å². The van der Waals surface area contributed by atoms with Gasteiger partial charge in [0.15, 0.2) is 0 Å². The molecule has 0 saturated carbocycles. The SMILES string of the molecule is [Au].[BiH3].[Cd].[Cu].[InH3].[SbH2]. The van der Waals surface area contributed by atoms with E-state index in [1.807, 2.05) is 0 Å². The maximum atomic E-state index is 0. The summed E-state index contributed by atoms with van der Waals surface area (Å²) < 4.78 is 0. The molecule has 0 aliphatic heterocycles. The molecule has 0 bridgehead atoms. The Morgan fingerprint density at radius 1 is 1.00 bits per heavy atom. The van der Waals surface area contributed by atoms with E-state index >= 15 is 0 Å². The van der Waals surface area contributed by atoms with Gasteiger partial charge in [-0.05, 0) is 0 Å². The molecule has 0 amide bonds. The maximum absolute atomic E-state index is 0. The van der Waals surface area contributed by atoms with Crippen molar-refractivity contribution in [3.8, 4) is 0 Å². The third-order valence-electron chi connectivity index (χ3n) is 0. The molecule has 0 aliphatic rings. The fourth-order valence-electron chi connectivity index (χ4n) is 0. The molecule has 0 aromatic rings. The second-order valence-electron chi connectivity index (χ2n) is 0. The molecule has 0 heterocycles. The van der Waals surface area contributed by atoms with Crippen LogP contribution in [0.3, 0.4) is 0 Å². The van der Waals surface area contributed by atoms with Gasteiger partial charge in [0.25, 0.3) is 0 Å². The third-order valence-corrected chi connectivity index (χ3v) is 0. The first-order valence-corrected chi connectivity index (χ1v) is 0. The van der Waals surface area contributed by atoms with Gasteiger partial charge in [-0.25, -0.2) is 0 Å². The van der Waals surface area contributed by atoms with Gasteiger partial charge in [-0.15, -0.1) is 0 Å². The van der Waals surface area contributed by atoms with E-state index in [-0.39, 0.29) is 143 Å². The van der Waals surface area contributed by atoms with Crippen molar-refractivity contribution in [3.63, 3.8) is 0 Å². The average molecular weight is 827 g/mol. The van der Waals surface area contributed by atoms with Gasteiger partial charge in [-0.1, -0.05) is 0 Å². The van der Waals surface area contributed by atoms with Crippen molar-refractivity contribution in [2.75, 3.05) is 0 Å². The van der Waals surface area contributed by atoms with Crippen molar-refractivity contribution in [1.29, 1.82) is 0 Å². The van der Waals surface area contributed by atoms with Crippen molar-refractivity contribution in [3.05, 3.63) is 0 Å². The Morgan fingerprint density at radius 3 is 1.00 bits per heavy atom. The molecule has 0 spiro atoms. The summed E-state index contributed by atoms with van der Waals surface area (Å²) in [6.07, 6.45) is 0. The van der Waals surface area contributed by atoms with E-state index in [4.69, 9.17) is 0 Å². The van der Waals surface area contributed by atoms with Crippen LogP contribution in [0.2, 0.25) is 0 Å². The summed E-state index contributed by atoms with van der Waals surface area (Å²) in [5.74, 6) is 0. The first kappa shape index (κ1) is 45.3. The quantitative estimate of drug-likeness (QED) is 0.225. The van der Waals surface area contributed by atoms with Gasteiger partial charge in [0, 0.05) is 66.7 Å². The van der Waals surface area contributed by atoms with E-state index in [1.165, 1.54) is 0 Å². The Kier molecular flexibility index (Phi) is 250. The molecule has 0 atom stereocenters. The molecule has 45 valence electrons. The zero-order valence-corrected chi connectivity index (χ0v) is 18.5. The molecule has 0 aliphatic carbocycles. The monoisotopic (exact) mass is 827 g/mol. The standard InChI is InChI=1S/Au.Bi.Cd.Cu.In.Sb.8H. The second kappa shape index (κ2) is 33.1. The average Bonchev–Trinajstić information content (AvgIpc) is 0. The zero-order chi connectivity index (χ0) is 0. The molecule has 0 fully saturated rings. The summed E-state index contributed by atoms with van der Waals surface area (Å²) in [4.78, 5) is 0. The molecule has 0 unspecified atom stereocenters. The molecular formula is H8AuBiCdCuInSb. The summed E-state index contributed by atoms with van der Waals surface area (Å²) in [6, 6.07) is 0. The molecule has 0 N–H and O–H groups in total. The van der Waals surface area contributed by atoms with Crippen LogP contribution in [0.25, 0.3) is 0 Å². The van der Waals surface area contributed by atoms with E-state index in [0.717, 1.165) is 0 Å². The van der Waals surface area contributed by atoms with E-state index in [2.05, 4.69) is 0 Å². The molecule has 3 radical (unpaired) electrons. The Bertz CT molecular complexity index is 15.5. The summed E-state index contributed by atoms with van der Waals surface area (Å²) in [5.41, 5.74) is 0. The first-order valence-electron chi connectivity index (χ1n) is 0. The van der Waals surface area contributed by atoms with Crippen LogP contribution in [0.1, 0.15) is 0 Å². The van der Waals surface area contributed by atoms with E-state index in [9.17, 15) is 0 Å². The van der Waals surface area contributed by atoms with Gasteiger partial charge < -0.3 is 0 Å². The Hall–Kier alpha value is 4.75. The predicted molar refractivity (Wildman–Crippen MR) is 28.4 cm³/mol. The number of hydrogen-bond acceptors (Lipinski definition) is 0. The van der Waals surface area contributed by atoms with E-state index in [1.54, 1.807) is 0 Å². The van der Waals surface area contributed by atoms with Gasteiger partial charge in [-0.3, -0.25) is 0 Å². The zero-order valence-electron chi connectivity index (χ0n) is 2.59. The van der Waals surface area contributed by atoms with Crippen molar-refractivity contribution >= 4 is 76.5 Å². The van der Waals surface area contributed by atoms with Crippen LogP contribution < -0.4 is 0 Å². The Balaban J connectivity index is 0. The van der Waals surface area contributed by atoms with Crippen molar-refractivity contribution in [2.45, 2.75) is 0 Å². The Morgan fingerprint density at radius 2 is 1.00 bits per heavy atom. The first-order chi connectivity index (χ1) is 0. The molecule has 0 rings (SSSR count). The molecule has 0 aromatic carbocycles. The third kappa shape index (κ3) is 23.3. The van der Waals surface area contributed by atoms with Gasteiger partial charge >= 0.3 is 76.5 Å². The van der Waals surface area contributed by atoms with Crippen molar-refractivity contribution in [2.24, 2.45) is 0 Å². The van der Waals surface area contributed by atoms with Crippen LogP contribution in [-0.4, -0.2) is 76.5 Å². The van der Waals surface area contributed by atoms with E-state index < -0.39 is 0 Å². The minimum absolute atomic E-state index is 0. The normalized spacial score (nSPS) is 0. The fraction of sp³-hybridized carbons (Fsp3) is 0. The summed E-state index contributed by atoms with van der Waals surface area (Å²) in [6.45, 7) is 0. The van der Waals surface area contributed by atoms with Crippen molar-refractivity contribution in [1.82, 2.24) is 0 Å². The molecule has 6 heteroatoms. The molecular weight excluding hydrogens is 818 g/mol.